The maximum absolute atomic E-state index is 11.6. The Balaban J connectivity index is 2.46. The number of aromatic hydroxyl groups is 1. The van der Waals surface area contributed by atoms with Crippen molar-refractivity contribution in [2.24, 2.45) is 0 Å². The van der Waals surface area contributed by atoms with Crippen LogP contribution in [-0.2, 0) is 9.47 Å². The number of carbonyl (C=O) groups excluding carboxylic acids is 1. The summed E-state index contributed by atoms with van der Waals surface area (Å²) in [5, 5.41) is 9.54. The summed E-state index contributed by atoms with van der Waals surface area (Å²) in [7, 11) is 0. The van der Waals surface area contributed by atoms with E-state index in [0.29, 0.717) is 12.3 Å². The maximum Gasteiger partial charge on any atom is 0.341 e. The molecule has 0 aliphatic heterocycles. The Morgan fingerprint density at radius 1 is 1.33 bits per heavy atom. The fourth-order valence-electron chi connectivity index (χ4n) is 1.28. The third kappa shape index (κ3) is 4.63. The normalized spacial score (nSPS) is 11.3. The summed E-state index contributed by atoms with van der Waals surface area (Å²) in [4.78, 5) is 11.6. The molecule has 18 heavy (non-hydrogen) atoms. The van der Waals surface area contributed by atoms with Gasteiger partial charge in [0.15, 0.2) is 0 Å². The molecule has 0 spiro atoms. The van der Waals surface area contributed by atoms with Gasteiger partial charge in [-0.25, -0.2) is 4.79 Å². The summed E-state index contributed by atoms with van der Waals surface area (Å²) in [6.07, 6.45) is 0. The second-order valence-electron chi connectivity index (χ2n) is 4.87. The standard InChI is InChI=1S/C13H19NO4/c1-13(2,3)18-7-6-17-12(16)10-5-4-9(14)8-11(10)15/h4-5,8,15H,6-7,14H2,1-3H3. The molecule has 0 aromatic heterocycles. The molecule has 0 aliphatic rings. The van der Waals surface area contributed by atoms with Gasteiger partial charge in [0.1, 0.15) is 17.9 Å². The number of nitrogen functional groups attached to an aromatic ring is 1. The lowest BCUT2D eigenvalue weighted by molar-refractivity contribution is -0.0282. The summed E-state index contributed by atoms with van der Waals surface area (Å²) in [5.74, 6) is -0.776. The average molecular weight is 253 g/mol. The zero-order valence-electron chi connectivity index (χ0n) is 10.9. The van der Waals surface area contributed by atoms with Crippen LogP contribution < -0.4 is 5.73 Å². The number of benzene rings is 1. The maximum atomic E-state index is 11.6. The number of anilines is 1. The molecule has 0 heterocycles. The lowest BCUT2D eigenvalue weighted by Crippen LogP contribution is -2.22. The van der Waals surface area contributed by atoms with Gasteiger partial charge in [-0.3, -0.25) is 0 Å². The van der Waals surface area contributed by atoms with Gasteiger partial charge in [-0.05, 0) is 32.9 Å². The highest BCUT2D eigenvalue weighted by atomic mass is 16.6. The zero-order valence-corrected chi connectivity index (χ0v) is 10.9. The van der Waals surface area contributed by atoms with E-state index in [2.05, 4.69) is 0 Å². The third-order valence-corrected chi connectivity index (χ3v) is 2.09. The Labute approximate surface area is 107 Å². The Hall–Kier alpha value is -1.75. The molecule has 0 unspecified atom stereocenters. The molecule has 5 nitrogen and oxygen atoms in total. The van der Waals surface area contributed by atoms with Crippen molar-refractivity contribution < 1.29 is 19.4 Å². The molecule has 0 bridgehead atoms. The van der Waals surface area contributed by atoms with E-state index in [1.54, 1.807) is 0 Å². The van der Waals surface area contributed by atoms with Gasteiger partial charge in [0.05, 0.1) is 12.2 Å². The smallest absolute Gasteiger partial charge is 0.341 e. The Kier molecular flexibility index (Phi) is 4.55. The monoisotopic (exact) mass is 253 g/mol. The van der Waals surface area contributed by atoms with Crippen LogP contribution in [0.4, 0.5) is 5.69 Å². The molecule has 0 saturated heterocycles. The second kappa shape index (κ2) is 5.73. The highest BCUT2D eigenvalue weighted by Crippen LogP contribution is 2.20. The summed E-state index contributed by atoms with van der Waals surface area (Å²) >= 11 is 0. The van der Waals surface area contributed by atoms with Crippen molar-refractivity contribution in [3.05, 3.63) is 23.8 Å². The van der Waals surface area contributed by atoms with Crippen LogP contribution >= 0.6 is 0 Å². The Morgan fingerprint density at radius 3 is 2.56 bits per heavy atom. The van der Waals surface area contributed by atoms with E-state index in [4.69, 9.17) is 15.2 Å². The van der Waals surface area contributed by atoms with Crippen molar-refractivity contribution in [2.75, 3.05) is 18.9 Å². The van der Waals surface area contributed by atoms with Gasteiger partial charge in [-0.15, -0.1) is 0 Å². The molecule has 100 valence electrons. The number of hydrogen-bond acceptors (Lipinski definition) is 5. The highest BCUT2D eigenvalue weighted by molar-refractivity contribution is 5.92. The quantitative estimate of drug-likeness (QED) is 0.487. The number of nitrogens with two attached hydrogens (primary N) is 1. The van der Waals surface area contributed by atoms with Crippen LogP contribution in [0.2, 0.25) is 0 Å². The highest BCUT2D eigenvalue weighted by Gasteiger charge is 2.14. The molecule has 0 aliphatic carbocycles. The van der Waals surface area contributed by atoms with E-state index < -0.39 is 5.97 Å². The molecule has 1 aromatic carbocycles. The van der Waals surface area contributed by atoms with Crippen molar-refractivity contribution in [2.45, 2.75) is 26.4 Å². The van der Waals surface area contributed by atoms with Crippen molar-refractivity contribution in [1.82, 2.24) is 0 Å². The third-order valence-electron chi connectivity index (χ3n) is 2.09. The first kappa shape index (κ1) is 14.3. The lowest BCUT2D eigenvalue weighted by atomic mass is 10.2. The van der Waals surface area contributed by atoms with Crippen LogP contribution in [0.3, 0.4) is 0 Å². The molecule has 1 rings (SSSR count). The van der Waals surface area contributed by atoms with Crippen LogP contribution in [0.25, 0.3) is 0 Å². The molecular formula is C13H19NO4. The first-order chi connectivity index (χ1) is 8.29. The van der Waals surface area contributed by atoms with Crippen LogP contribution in [0.15, 0.2) is 18.2 Å². The molecular weight excluding hydrogens is 234 g/mol. The van der Waals surface area contributed by atoms with E-state index in [1.165, 1.54) is 18.2 Å². The van der Waals surface area contributed by atoms with Gasteiger partial charge < -0.3 is 20.3 Å². The van der Waals surface area contributed by atoms with Crippen LogP contribution in [0.1, 0.15) is 31.1 Å². The Morgan fingerprint density at radius 2 is 2.00 bits per heavy atom. The summed E-state index contributed by atoms with van der Waals surface area (Å²) in [6, 6.07) is 4.27. The number of ether oxygens (including phenoxy) is 2. The van der Waals surface area contributed by atoms with Gasteiger partial charge in [-0.2, -0.15) is 0 Å². The molecule has 0 amide bonds. The predicted molar refractivity (Wildman–Crippen MR) is 68.5 cm³/mol. The molecule has 0 atom stereocenters. The number of esters is 1. The SMILES string of the molecule is CC(C)(C)OCCOC(=O)c1ccc(N)cc1O. The van der Waals surface area contributed by atoms with E-state index in [9.17, 15) is 9.90 Å². The summed E-state index contributed by atoms with van der Waals surface area (Å²) in [5.41, 5.74) is 5.68. The van der Waals surface area contributed by atoms with Crippen LogP contribution in [0, 0.1) is 0 Å². The zero-order chi connectivity index (χ0) is 13.8. The minimum absolute atomic E-state index is 0.0972. The lowest BCUT2D eigenvalue weighted by Gasteiger charge is -2.19. The van der Waals surface area contributed by atoms with Crippen LogP contribution in [-0.4, -0.2) is 29.9 Å². The molecule has 0 saturated carbocycles. The molecule has 3 N–H and O–H groups in total. The topological polar surface area (TPSA) is 81.8 Å². The minimum Gasteiger partial charge on any atom is -0.507 e. The fourth-order valence-corrected chi connectivity index (χ4v) is 1.28. The van der Waals surface area contributed by atoms with Crippen molar-refractivity contribution in [1.29, 1.82) is 0 Å². The van der Waals surface area contributed by atoms with E-state index >= 15 is 0 Å². The second-order valence-corrected chi connectivity index (χ2v) is 4.87. The van der Waals surface area contributed by atoms with E-state index in [1.807, 2.05) is 20.8 Å². The van der Waals surface area contributed by atoms with Crippen molar-refractivity contribution >= 4 is 11.7 Å². The van der Waals surface area contributed by atoms with E-state index in [0.717, 1.165) is 0 Å². The number of rotatable bonds is 4. The molecule has 5 heteroatoms. The van der Waals surface area contributed by atoms with Gasteiger partial charge in [0, 0.05) is 11.8 Å². The van der Waals surface area contributed by atoms with Gasteiger partial charge in [-0.1, -0.05) is 0 Å². The average Bonchev–Trinajstić information content (AvgIpc) is 2.22. The predicted octanol–water partition coefficient (Wildman–Crippen LogP) is 1.95. The minimum atomic E-state index is -0.593. The largest absolute Gasteiger partial charge is 0.507 e. The number of phenols is 1. The van der Waals surface area contributed by atoms with Gasteiger partial charge in [0.2, 0.25) is 0 Å². The Bertz CT molecular complexity index is 423. The number of phenolic OH excluding ortho intramolecular Hbond substituents is 1. The number of carbonyl (C=O) groups is 1. The van der Waals surface area contributed by atoms with Crippen molar-refractivity contribution in [3.63, 3.8) is 0 Å². The number of hydrogen-bond donors (Lipinski definition) is 2. The van der Waals surface area contributed by atoms with Crippen LogP contribution in [0.5, 0.6) is 5.75 Å². The summed E-state index contributed by atoms with van der Waals surface area (Å²) in [6.45, 7) is 6.20. The van der Waals surface area contributed by atoms with Gasteiger partial charge >= 0.3 is 5.97 Å². The first-order valence-corrected chi connectivity index (χ1v) is 5.69. The molecule has 1 aromatic rings. The summed E-state index contributed by atoms with van der Waals surface area (Å²) < 4.78 is 10.4. The molecule has 0 radical (unpaired) electrons. The van der Waals surface area contributed by atoms with E-state index in [-0.39, 0.29) is 23.5 Å². The molecule has 0 fully saturated rings. The van der Waals surface area contributed by atoms with Crippen molar-refractivity contribution in [3.8, 4) is 5.75 Å². The first-order valence-electron chi connectivity index (χ1n) is 5.69. The van der Waals surface area contributed by atoms with Gasteiger partial charge in [0.25, 0.3) is 0 Å². The fraction of sp³-hybridized carbons (Fsp3) is 0.462.